The van der Waals surface area contributed by atoms with Crippen molar-refractivity contribution in [1.82, 2.24) is 29.3 Å². The molecule has 86 valence electrons. The fraction of sp³-hybridized carbons (Fsp3) is 0.200. The zero-order valence-electron chi connectivity index (χ0n) is 9.29. The molecule has 0 amide bonds. The summed E-state index contributed by atoms with van der Waals surface area (Å²) >= 11 is 5.99. The molecule has 0 fully saturated rings. The Kier molecular flexibility index (Phi) is 2.12. The Morgan fingerprint density at radius 3 is 2.71 bits per heavy atom. The highest BCUT2D eigenvalue weighted by molar-refractivity contribution is 6.33. The number of fused-ring (bicyclic) bond motifs is 1. The van der Waals surface area contributed by atoms with Crippen LogP contribution in [-0.4, -0.2) is 29.3 Å². The van der Waals surface area contributed by atoms with Crippen molar-refractivity contribution in [2.24, 2.45) is 14.1 Å². The molecule has 0 N–H and O–H groups in total. The number of imidazole rings is 1. The van der Waals surface area contributed by atoms with Gasteiger partial charge in [0.1, 0.15) is 17.7 Å². The first-order chi connectivity index (χ1) is 8.16. The highest BCUT2D eigenvalue weighted by Gasteiger charge is 2.14. The molecule has 0 atom stereocenters. The van der Waals surface area contributed by atoms with Crippen molar-refractivity contribution < 1.29 is 0 Å². The van der Waals surface area contributed by atoms with Crippen LogP contribution in [0, 0.1) is 0 Å². The summed E-state index contributed by atoms with van der Waals surface area (Å²) in [5.41, 5.74) is 2.24. The van der Waals surface area contributed by atoms with Crippen LogP contribution in [0.3, 0.4) is 0 Å². The number of aryl methyl sites for hydroxylation is 2. The molecule has 0 aliphatic carbocycles. The van der Waals surface area contributed by atoms with Crippen LogP contribution >= 0.6 is 11.6 Å². The van der Waals surface area contributed by atoms with Crippen LogP contribution in [0.25, 0.3) is 22.6 Å². The second-order valence-electron chi connectivity index (χ2n) is 3.73. The van der Waals surface area contributed by atoms with Crippen LogP contribution in [0.2, 0.25) is 5.15 Å². The standard InChI is InChI=1S/C10H9ClN6/c1-16-4-6(3-14-16)9-15-7-8(11)12-5-13-10(7)17(9)2/h3-5H,1-2H3. The summed E-state index contributed by atoms with van der Waals surface area (Å²) in [6.45, 7) is 0. The summed E-state index contributed by atoms with van der Waals surface area (Å²) in [5.74, 6) is 0.774. The normalized spacial score (nSPS) is 11.2. The molecular weight excluding hydrogens is 240 g/mol. The molecule has 0 radical (unpaired) electrons. The lowest BCUT2D eigenvalue weighted by Crippen LogP contribution is -1.93. The average molecular weight is 249 g/mol. The van der Waals surface area contributed by atoms with Crippen molar-refractivity contribution >= 4 is 22.8 Å². The Morgan fingerprint density at radius 2 is 2.06 bits per heavy atom. The van der Waals surface area contributed by atoms with E-state index in [4.69, 9.17) is 11.6 Å². The molecular formula is C10H9ClN6. The topological polar surface area (TPSA) is 61.4 Å². The van der Waals surface area contributed by atoms with E-state index in [1.54, 1.807) is 10.9 Å². The van der Waals surface area contributed by atoms with E-state index in [0.717, 1.165) is 11.4 Å². The monoisotopic (exact) mass is 248 g/mol. The molecule has 0 saturated carbocycles. The Bertz CT molecular complexity index is 698. The predicted molar refractivity (Wildman–Crippen MR) is 63.5 cm³/mol. The van der Waals surface area contributed by atoms with Crippen molar-refractivity contribution in [3.05, 3.63) is 23.9 Å². The summed E-state index contributed by atoms with van der Waals surface area (Å²) in [6.07, 6.45) is 5.07. The van der Waals surface area contributed by atoms with Crippen LogP contribution in [-0.2, 0) is 14.1 Å². The molecule has 3 heterocycles. The molecule has 3 aromatic heterocycles. The molecule has 17 heavy (non-hydrogen) atoms. The van der Waals surface area contributed by atoms with Crippen LogP contribution < -0.4 is 0 Å². The molecule has 0 bridgehead atoms. The van der Waals surface area contributed by atoms with Gasteiger partial charge in [-0.2, -0.15) is 5.10 Å². The maximum absolute atomic E-state index is 5.99. The fourth-order valence-corrected chi connectivity index (χ4v) is 1.94. The van der Waals surface area contributed by atoms with Gasteiger partial charge in [-0.25, -0.2) is 15.0 Å². The van der Waals surface area contributed by atoms with Gasteiger partial charge in [0.2, 0.25) is 0 Å². The second kappa shape index (κ2) is 3.53. The molecule has 3 aromatic rings. The zero-order valence-corrected chi connectivity index (χ0v) is 10.0. The molecule has 0 aromatic carbocycles. The number of hydrogen-bond acceptors (Lipinski definition) is 4. The van der Waals surface area contributed by atoms with E-state index in [9.17, 15) is 0 Å². The minimum absolute atomic E-state index is 0.362. The first-order valence-corrected chi connectivity index (χ1v) is 5.36. The SMILES string of the molecule is Cn1cc(-c2nc3c(Cl)ncnc3n2C)cn1. The molecule has 7 heteroatoms. The van der Waals surface area contributed by atoms with Crippen molar-refractivity contribution in [3.63, 3.8) is 0 Å². The van der Waals surface area contributed by atoms with E-state index in [1.807, 2.05) is 24.9 Å². The third-order valence-electron chi connectivity index (χ3n) is 2.57. The van der Waals surface area contributed by atoms with Gasteiger partial charge >= 0.3 is 0 Å². The lowest BCUT2D eigenvalue weighted by Gasteiger charge is -1.97. The number of nitrogens with zero attached hydrogens (tertiary/aromatic N) is 6. The highest BCUT2D eigenvalue weighted by Crippen LogP contribution is 2.24. The van der Waals surface area contributed by atoms with E-state index in [-0.39, 0.29) is 0 Å². The largest absolute Gasteiger partial charge is 0.312 e. The number of halogens is 1. The maximum Gasteiger partial charge on any atom is 0.165 e. The number of aromatic nitrogens is 6. The molecule has 0 aliphatic heterocycles. The van der Waals surface area contributed by atoms with Crippen LogP contribution in [0.5, 0.6) is 0 Å². The zero-order chi connectivity index (χ0) is 12.0. The first-order valence-electron chi connectivity index (χ1n) is 4.99. The minimum atomic E-state index is 0.362. The van der Waals surface area contributed by atoms with Crippen molar-refractivity contribution in [2.45, 2.75) is 0 Å². The van der Waals surface area contributed by atoms with Crippen LogP contribution in [0.15, 0.2) is 18.7 Å². The molecule has 6 nitrogen and oxygen atoms in total. The van der Waals surface area contributed by atoms with E-state index in [2.05, 4.69) is 20.1 Å². The summed E-state index contributed by atoms with van der Waals surface area (Å²) in [6, 6.07) is 0. The van der Waals surface area contributed by atoms with E-state index >= 15 is 0 Å². The summed E-state index contributed by atoms with van der Waals surface area (Å²) in [4.78, 5) is 12.5. The van der Waals surface area contributed by atoms with Crippen molar-refractivity contribution in [1.29, 1.82) is 0 Å². The van der Waals surface area contributed by atoms with Crippen LogP contribution in [0.1, 0.15) is 0 Å². The third kappa shape index (κ3) is 1.49. The summed E-state index contributed by atoms with van der Waals surface area (Å²) < 4.78 is 3.60. The Labute approximate surface area is 102 Å². The van der Waals surface area contributed by atoms with Gasteiger partial charge in [-0.3, -0.25) is 4.68 Å². The molecule has 3 rings (SSSR count). The van der Waals surface area contributed by atoms with Crippen molar-refractivity contribution in [2.75, 3.05) is 0 Å². The fourth-order valence-electron chi connectivity index (χ4n) is 1.77. The highest BCUT2D eigenvalue weighted by atomic mass is 35.5. The van der Waals surface area contributed by atoms with Crippen LogP contribution in [0.4, 0.5) is 0 Å². The minimum Gasteiger partial charge on any atom is -0.312 e. The summed E-state index contributed by atoms with van der Waals surface area (Å²) in [7, 11) is 3.75. The summed E-state index contributed by atoms with van der Waals surface area (Å²) in [5, 5.41) is 4.48. The Hall–Kier alpha value is -1.95. The van der Waals surface area contributed by atoms with Gasteiger partial charge in [-0.1, -0.05) is 11.6 Å². The lowest BCUT2D eigenvalue weighted by atomic mass is 10.3. The maximum atomic E-state index is 5.99. The number of rotatable bonds is 1. The van der Waals surface area contributed by atoms with Gasteiger partial charge < -0.3 is 4.57 Å². The van der Waals surface area contributed by atoms with E-state index in [0.29, 0.717) is 16.3 Å². The Balaban J connectivity index is 2.31. The third-order valence-corrected chi connectivity index (χ3v) is 2.85. The molecule has 0 aliphatic rings. The first kappa shape index (κ1) is 10.2. The van der Waals surface area contributed by atoms with E-state index in [1.165, 1.54) is 6.33 Å². The van der Waals surface area contributed by atoms with Gasteiger partial charge in [0.15, 0.2) is 10.8 Å². The smallest absolute Gasteiger partial charge is 0.165 e. The predicted octanol–water partition coefficient (Wildman–Crippen LogP) is 1.42. The average Bonchev–Trinajstić information content (AvgIpc) is 2.85. The van der Waals surface area contributed by atoms with Gasteiger partial charge in [-0.05, 0) is 0 Å². The quantitative estimate of drug-likeness (QED) is 0.611. The van der Waals surface area contributed by atoms with E-state index < -0.39 is 0 Å². The Morgan fingerprint density at radius 1 is 1.24 bits per heavy atom. The van der Waals surface area contributed by atoms with Crippen molar-refractivity contribution in [3.8, 4) is 11.4 Å². The lowest BCUT2D eigenvalue weighted by molar-refractivity contribution is 0.767. The van der Waals surface area contributed by atoms with Gasteiger partial charge in [0.05, 0.1) is 11.8 Å². The second-order valence-corrected chi connectivity index (χ2v) is 4.09. The number of hydrogen-bond donors (Lipinski definition) is 0. The van der Waals surface area contributed by atoms with Gasteiger partial charge in [-0.15, -0.1) is 0 Å². The van der Waals surface area contributed by atoms with Gasteiger partial charge in [0.25, 0.3) is 0 Å². The molecule has 0 unspecified atom stereocenters. The van der Waals surface area contributed by atoms with Gasteiger partial charge in [0, 0.05) is 20.3 Å². The molecule has 0 saturated heterocycles. The molecule has 0 spiro atoms.